The van der Waals surface area contributed by atoms with Crippen LogP contribution in [0, 0.1) is 0 Å². The number of fused-ring (bicyclic) bond motifs is 1. The van der Waals surface area contributed by atoms with Crippen molar-refractivity contribution in [2.45, 2.75) is 31.6 Å². The molecule has 122 valence electrons. The monoisotopic (exact) mass is 326 g/mol. The van der Waals surface area contributed by atoms with Crippen LogP contribution in [-0.2, 0) is 10.0 Å². The summed E-state index contributed by atoms with van der Waals surface area (Å²) in [4.78, 5) is 2.30. The van der Waals surface area contributed by atoms with Gasteiger partial charge in [-0.3, -0.25) is 0 Å². The first kappa shape index (κ1) is 16.7. The summed E-state index contributed by atoms with van der Waals surface area (Å²) in [5, 5.41) is 7.74. The van der Waals surface area contributed by atoms with Gasteiger partial charge in [0.25, 0.3) is 0 Å². The van der Waals surface area contributed by atoms with Crippen molar-refractivity contribution in [1.29, 1.82) is 0 Å². The van der Waals surface area contributed by atoms with Crippen LogP contribution in [0.25, 0.3) is 11.0 Å². The Morgan fingerprint density at radius 3 is 2.18 bits per heavy atom. The van der Waals surface area contributed by atoms with E-state index in [1.165, 1.54) is 14.1 Å². The molecule has 2 rings (SSSR count). The maximum Gasteiger partial charge on any atom is 0.244 e. The summed E-state index contributed by atoms with van der Waals surface area (Å²) in [5.74, 6) is 0. The Morgan fingerprint density at radius 2 is 1.64 bits per heavy atom. The molecule has 8 heteroatoms. The minimum atomic E-state index is -3.59. The van der Waals surface area contributed by atoms with E-state index in [0.29, 0.717) is 5.52 Å². The zero-order valence-corrected chi connectivity index (χ0v) is 14.2. The summed E-state index contributed by atoms with van der Waals surface area (Å²) in [6.07, 6.45) is 1.98. The lowest BCUT2D eigenvalue weighted by atomic mass is 10.2. The highest BCUT2D eigenvalue weighted by molar-refractivity contribution is 7.89. The molecule has 0 atom stereocenters. The number of rotatable bonds is 7. The van der Waals surface area contributed by atoms with Gasteiger partial charge in [0.1, 0.15) is 4.90 Å². The Morgan fingerprint density at radius 1 is 1.05 bits per heavy atom. The van der Waals surface area contributed by atoms with Gasteiger partial charge in [-0.15, -0.1) is 0 Å². The number of aromatic nitrogens is 2. The highest BCUT2D eigenvalue weighted by atomic mass is 32.2. The van der Waals surface area contributed by atoms with Gasteiger partial charge in [-0.2, -0.15) is 0 Å². The predicted octanol–water partition coefficient (Wildman–Crippen LogP) is 2.10. The van der Waals surface area contributed by atoms with Crippen molar-refractivity contribution in [3.05, 3.63) is 12.1 Å². The van der Waals surface area contributed by atoms with Gasteiger partial charge in [0.15, 0.2) is 11.0 Å². The van der Waals surface area contributed by atoms with Gasteiger partial charge in [-0.25, -0.2) is 17.4 Å². The molecule has 0 radical (unpaired) electrons. The number of hydrogen-bond acceptors (Lipinski definition) is 6. The van der Waals surface area contributed by atoms with E-state index in [9.17, 15) is 8.42 Å². The third-order valence-corrected chi connectivity index (χ3v) is 5.29. The first-order valence-corrected chi connectivity index (χ1v) is 8.80. The molecule has 7 nitrogen and oxygen atoms in total. The lowest BCUT2D eigenvalue weighted by Crippen LogP contribution is -2.26. The van der Waals surface area contributed by atoms with Crippen molar-refractivity contribution in [2.75, 3.05) is 32.1 Å². The second-order valence-corrected chi connectivity index (χ2v) is 7.44. The van der Waals surface area contributed by atoms with E-state index in [0.717, 1.165) is 35.9 Å². The van der Waals surface area contributed by atoms with E-state index in [4.69, 9.17) is 4.63 Å². The van der Waals surface area contributed by atoms with Crippen molar-refractivity contribution in [3.63, 3.8) is 0 Å². The molecule has 0 aliphatic heterocycles. The maximum absolute atomic E-state index is 12.4. The Balaban J connectivity index is 2.60. The minimum absolute atomic E-state index is 0.116. The lowest BCUT2D eigenvalue weighted by molar-refractivity contribution is 0.315. The normalized spacial score (nSPS) is 12.2. The quantitative estimate of drug-likeness (QED) is 0.775. The SMILES string of the molecule is CCCN(CCC)c1ccc(S(=O)(=O)N(C)C)c2nonc12. The van der Waals surface area contributed by atoms with Crippen molar-refractivity contribution < 1.29 is 13.0 Å². The minimum Gasteiger partial charge on any atom is -0.370 e. The second kappa shape index (κ2) is 6.62. The van der Waals surface area contributed by atoms with Crippen LogP contribution in [0.15, 0.2) is 21.7 Å². The molecule has 0 aliphatic rings. The third-order valence-electron chi connectivity index (χ3n) is 3.44. The molecule has 0 aliphatic carbocycles. The standard InChI is InChI=1S/C14H22N4O3S/c1-5-9-18(10-6-2)11-7-8-12(22(19,20)17(3)4)14-13(11)15-21-16-14/h7-8H,5-6,9-10H2,1-4H3. The van der Waals surface area contributed by atoms with Gasteiger partial charge >= 0.3 is 0 Å². The van der Waals surface area contributed by atoms with Gasteiger partial charge in [0.2, 0.25) is 10.0 Å². The van der Waals surface area contributed by atoms with Crippen LogP contribution < -0.4 is 4.90 Å². The molecule has 1 heterocycles. The Labute approximate surface area is 130 Å². The van der Waals surface area contributed by atoms with E-state index in [1.54, 1.807) is 12.1 Å². The second-order valence-electron chi connectivity index (χ2n) is 5.32. The number of benzene rings is 1. The highest BCUT2D eigenvalue weighted by Crippen LogP contribution is 2.30. The zero-order valence-electron chi connectivity index (χ0n) is 13.4. The molecule has 1 aromatic carbocycles. The highest BCUT2D eigenvalue weighted by Gasteiger charge is 2.25. The summed E-state index contributed by atoms with van der Waals surface area (Å²) < 4.78 is 30.7. The molecular weight excluding hydrogens is 304 g/mol. The molecule has 0 unspecified atom stereocenters. The molecule has 0 amide bonds. The molecule has 0 bridgehead atoms. The van der Waals surface area contributed by atoms with Gasteiger partial charge in [-0.1, -0.05) is 13.8 Å². The fourth-order valence-electron chi connectivity index (χ4n) is 2.38. The van der Waals surface area contributed by atoms with Gasteiger partial charge in [-0.05, 0) is 35.3 Å². The van der Waals surface area contributed by atoms with Crippen molar-refractivity contribution in [1.82, 2.24) is 14.6 Å². The fourth-order valence-corrected chi connectivity index (χ4v) is 3.40. The third kappa shape index (κ3) is 2.93. The van der Waals surface area contributed by atoms with E-state index >= 15 is 0 Å². The smallest absolute Gasteiger partial charge is 0.244 e. The zero-order chi connectivity index (χ0) is 16.3. The first-order chi connectivity index (χ1) is 10.4. The van der Waals surface area contributed by atoms with Crippen LogP contribution in [0.4, 0.5) is 5.69 Å². The molecular formula is C14H22N4O3S. The van der Waals surface area contributed by atoms with E-state index in [2.05, 4.69) is 29.1 Å². The van der Waals surface area contributed by atoms with Crippen LogP contribution in [0.1, 0.15) is 26.7 Å². The van der Waals surface area contributed by atoms with E-state index in [-0.39, 0.29) is 10.4 Å². The number of nitrogens with zero attached hydrogens (tertiary/aromatic N) is 4. The van der Waals surface area contributed by atoms with E-state index < -0.39 is 10.0 Å². The van der Waals surface area contributed by atoms with Crippen LogP contribution in [-0.4, -0.2) is 50.2 Å². The molecule has 22 heavy (non-hydrogen) atoms. The molecule has 1 aromatic heterocycles. The molecule has 0 spiro atoms. The summed E-state index contributed by atoms with van der Waals surface area (Å²) in [6, 6.07) is 3.36. The topological polar surface area (TPSA) is 79.5 Å². The van der Waals surface area contributed by atoms with Crippen molar-refractivity contribution in [3.8, 4) is 0 Å². The largest absolute Gasteiger partial charge is 0.370 e. The van der Waals surface area contributed by atoms with Gasteiger partial charge in [0.05, 0.1) is 5.69 Å². The van der Waals surface area contributed by atoms with Crippen LogP contribution >= 0.6 is 0 Å². The van der Waals surface area contributed by atoms with Gasteiger partial charge in [0, 0.05) is 27.2 Å². The maximum atomic E-state index is 12.4. The summed E-state index contributed by atoms with van der Waals surface area (Å²) >= 11 is 0. The van der Waals surface area contributed by atoms with Crippen molar-refractivity contribution in [2.24, 2.45) is 0 Å². The molecule has 0 saturated carbocycles. The fraction of sp³-hybridized carbons (Fsp3) is 0.571. The molecule has 0 N–H and O–H groups in total. The molecule has 2 aromatic rings. The summed E-state index contributed by atoms with van der Waals surface area (Å²) in [7, 11) is -0.610. The number of sulfonamides is 1. The van der Waals surface area contributed by atoms with Crippen LogP contribution in [0.5, 0.6) is 0 Å². The molecule has 0 fully saturated rings. The molecule has 0 saturated heterocycles. The summed E-state index contributed by atoms with van der Waals surface area (Å²) in [5.41, 5.74) is 1.63. The first-order valence-electron chi connectivity index (χ1n) is 7.36. The van der Waals surface area contributed by atoms with Crippen LogP contribution in [0.3, 0.4) is 0 Å². The number of anilines is 1. The lowest BCUT2D eigenvalue weighted by Gasteiger charge is -2.24. The van der Waals surface area contributed by atoms with Crippen molar-refractivity contribution >= 4 is 26.7 Å². The van der Waals surface area contributed by atoms with Gasteiger partial charge < -0.3 is 4.90 Å². The Kier molecular flexibility index (Phi) is 5.02. The average Bonchev–Trinajstić information content (AvgIpc) is 2.95. The Hall–Kier alpha value is -1.67. The Bertz CT molecular complexity index is 734. The average molecular weight is 326 g/mol. The number of hydrogen-bond donors (Lipinski definition) is 0. The summed E-state index contributed by atoms with van der Waals surface area (Å²) in [6.45, 7) is 5.95. The predicted molar refractivity (Wildman–Crippen MR) is 85.5 cm³/mol. The van der Waals surface area contributed by atoms with E-state index in [1.807, 2.05) is 0 Å². The van der Waals surface area contributed by atoms with Crippen LogP contribution in [0.2, 0.25) is 0 Å².